The third-order valence-electron chi connectivity index (χ3n) is 1.81. The van der Waals surface area contributed by atoms with Gasteiger partial charge in [-0.1, -0.05) is 0 Å². The fourth-order valence-electron chi connectivity index (χ4n) is 0.925. The third-order valence-corrected chi connectivity index (χ3v) is 1.81. The van der Waals surface area contributed by atoms with Crippen LogP contribution in [0.1, 0.15) is 19.8 Å². The lowest BCUT2D eigenvalue weighted by Gasteiger charge is -2.04. The molecule has 0 aromatic heterocycles. The van der Waals surface area contributed by atoms with Gasteiger partial charge in [0.1, 0.15) is 6.61 Å². The first-order valence-electron chi connectivity index (χ1n) is 4.79. The molecule has 0 bridgehead atoms. The van der Waals surface area contributed by atoms with Crippen molar-refractivity contribution < 1.29 is 14.3 Å². The molecule has 0 heterocycles. The van der Waals surface area contributed by atoms with Crippen molar-refractivity contribution in [1.82, 2.24) is 5.32 Å². The molecule has 0 aromatic rings. The van der Waals surface area contributed by atoms with Crippen LogP contribution in [0, 0.1) is 0 Å². The van der Waals surface area contributed by atoms with Gasteiger partial charge in [-0.2, -0.15) is 0 Å². The van der Waals surface area contributed by atoms with Crippen LogP contribution in [0.5, 0.6) is 0 Å². The van der Waals surface area contributed by atoms with Gasteiger partial charge < -0.3 is 14.8 Å². The Kier molecular flexibility index (Phi) is 4.78. The maximum atomic E-state index is 11.0. The highest BCUT2D eigenvalue weighted by molar-refractivity contribution is 5.71. The van der Waals surface area contributed by atoms with E-state index in [0.29, 0.717) is 32.4 Å². The summed E-state index contributed by atoms with van der Waals surface area (Å²) < 4.78 is 9.92. The average Bonchev–Trinajstić information content (AvgIpc) is 2.92. The van der Waals surface area contributed by atoms with Gasteiger partial charge in [0.15, 0.2) is 0 Å². The Balaban J connectivity index is 1.84. The second kappa shape index (κ2) is 5.94. The summed E-state index contributed by atoms with van der Waals surface area (Å²) in [5, 5.41) is 3.08. The molecule has 4 heteroatoms. The first-order valence-corrected chi connectivity index (χ1v) is 4.79. The predicted molar refractivity (Wildman–Crippen MR) is 48.5 cm³/mol. The minimum atomic E-state index is -0.188. The zero-order valence-electron chi connectivity index (χ0n) is 8.04. The van der Waals surface area contributed by atoms with Gasteiger partial charge in [-0.25, -0.2) is 0 Å². The van der Waals surface area contributed by atoms with E-state index in [2.05, 4.69) is 5.32 Å². The summed E-state index contributed by atoms with van der Waals surface area (Å²) in [5.74, 6) is -0.188. The van der Waals surface area contributed by atoms with Gasteiger partial charge in [-0.05, 0) is 19.8 Å². The summed E-state index contributed by atoms with van der Waals surface area (Å²) in [5.41, 5.74) is 0. The maximum Gasteiger partial charge on any atom is 0.320 e. The smallest absolute Gasteiger partial charge is 0.320 e. The lowest BCUT2D eigenvalue weighted by Crippen LogP contribution is -2.27. The minimum Gasteiger partial charge on any atom is -0.462 e. The van der Waals surface area contributed by atoms with Gasteiger partial charge in [-0.3, -0.25) is 4.79 Å². The third kappa shape index (κ3) is 5.60. The molecule has 1 rings (SSSR count). The van der Waals surface area contributed by atoms with Crippen LogP contribution in [-0.2, 0) is 14.3 Å². The predicted octanol–water partition coefficient (Wildman–Crippen LogP) is 0.318. The molecule has 0 spiro atoms. The van der Waals surface area contributed by atoms with E-state index in [1.165, 1.54) is 12.8 Å². The van der Waals surface area contributed by atoms with Gasteiger partial charge in [0.2, 0.25) is 0 Å². The summed E-state index contributed by atoms with van der Waals surface area (Å²) >= 11 is 0. The fourth-order valence-corrected chi connectivity index (χ4v) is 0.925. The summed E-state index contributed by atoms with van der Waals surface area (Å²) in [6.45, 7) is 3.76. The fraction of sp³-hybridized carbons (Fsp3) is 0.889. The number of esters is 1. The van der Waals surface area contributed by atoms with Crippen molar-refractivity contribution in [1.29, 1.82) is 0 Å². The van der Waals surface area contributed by atoms with Crippen molar-refractivity contribution in [2.75, 3.05) is 26.4 Å². The highest BCUT2D eigenvalue weighted by atomic mass is 16.6. The molecular weight excluding hydrogens is 170 g/mol. The molecule has 1 aliphatic rings. The SMILES string of the molecule is CCOCCOC(=O)CNC1CC1. The molecule has 76 valence electrons. The summed E-state index contributed by atoms with van der Waals surface area (Å²) in [7, 11) is 0. The maximum absolute atomic E-state index is 11.0. The first kappa shape index (κ1) is 10.5. The molecule has 0 atom stereocenters. The Morgan fingerprint density at radius 1 is 1.46 bits per heavy atom. The Hall–Kier alpha value is -0.610. The molecule has 0 amide bonds. The Labute approximate surface area is 78.6 Å². The summed E-state index contributed by atoms with van der Waals surface area (Å²) in [6.07, 6.45) is 2.37. The molecular formula is C9H17NO3. The van der Waals surface area contributed by atoms with Crippen LogP contribution in [0.15, 0.2) is 0 Å². The van der Waals surface area contributed by atoms with Crippen LogP contribution < -0.4 is 5.32 Å². The Morgan fingerprint density at radius 3 is 2.85 bits per heavy atom. The molecule has 1 saturated carbocycles. The zero-order valence-corrected chi connectivity index (χ0v) is 8.04. The van der Waals surface area contributed by atoms with Gasteiger partial charge in [-0.15, -0.1) is 0 Å². The molecule has 1 fully saturated rings. The van der Waals surface area contributed by atoms with Crippen LogP contribution in [0.2, 0.25) is 0 Å². The van der Waals surface area contributed by atoms with Crippen molar-refractivity contribution in [2.24, 2.45) is 0 Å². The van der Waals surface area contributed by atoms with E-state index in [-0.39, 0.29) is 5.97 Å². The minimum absolute atomic E-state index is 0.188. The normalized spacial score (nSPS) is 15.8. The molecule has 1 N–H and O–H groups in total. The van der Waals surface area contributed by atoms with Crippen LogP contribution in [0.25, 0.3) is 0 Å². The van der Waals surface area contributed by atoms with E-state index < -0.39 is 0 Å². The number of carbonyl (C=O) groups is 1. The zero-order chi connectivity index (χ0) is 9.52. The topological polar surface area (TPSA) is 47.6 Å². The van der Waals surface area contributed by atoms with Gasteiger partial charge in [0.25, 0.3) is 0 Å². The summed E-state index contributed by atoms with van der Waals surface area (Å²) in [6, 6.07) is 0.555. The van der Waals surface area contributed by atoms with Crippen molar-refractivity contribution in [2.45, 2.75) is 25.8 Å². The highest BCUT2D eigenvalue weighted by Gasteiger charge is 2.21. The van der Waals surface area contributed by atoms with Crippen molar-refractivity contribution >= 4 is 5.97 Å². The second-order valence-electron chi connectivity index (χ2n) is 3.07. The van der Waals surface area contributed by atoms with Crippen molar-refractivity contribution in [3.63, 3.8) is 0 Å². The lowest BCUT2D eigenvalue weighted by atomic mass is 10.6. The Bertz CT molecular complexity index is 157. The summed E-state index contributed by atoms with van der Waals surface area (Å²) in [4.78, 5) is 11.0. The number of hydrogen-bond acceptors (Lipinski definition) is 4. The molecule has 13 heavy (non-hydrogen) atoms. The second-order valence-corrected chi connectivity index (χ2v) is 3.07. The van der Waals surface area contributed by atoms with Gasteiger partial charge in [0, 0.05) is 12.6 Å². The van der Waals surface area contributed by atoms with E-state index >= 15 is 0 Å². The van der Waals surface area contributed by atoms with Crippen LogP contribution in [0.3, 0.4) is 0 Å². The molecule has 0 saturated heterocycles. The van der Waals surface area contributed by atoms with E-state index in [1.54, 1.807) is 0 Å². The molecule has 0 unspecified atom stereocenters. The van der Waals surface area contributed by atoms with Crippen LogP contribution in [-0.4, -0.2) is 38.4 Å². The number of rotatable bonds is 7. The molecule has 0 aliphatic heterocycles. The molecule has 1 aliphatic carbocycles. The Morgan fingerprint density at radius 2 is 2.23 bits per heavy atom. The number of nitrogens with one attached hydrogen (secondary N) is 1. The number of hydrogen-bond donors (Lipinski definition) is 1. The van der Waals surface area contributed by atoms with Crippen LogP contribution >= 0.6 is 0 Å². The van der Waals surface area contributed by atoms with E-state index in [0.717, 1.165) is 0 Å². The van der Waals surface area contributed by atoms with E-state index in [9.17, 15) is 4.79 Å². The number of carbonyl (C=O) groups excluding carboxylic acids is 1. The largest absolute Gasteiger partial charge is 0.462 e. The van der Waals surface area contributed by atoms with Gasteiger partial charge in [0.05, 0.1) is 13.2 Å². The van der Waals surface area contributed by atoms with Gasteiger partial charge >= 0.3 is 5.97 Å². The molecule has 0 radical (unpaired) electrons. The van der Waals surface area contributed by atoms with E-state index in [1.807, 2.05) is 6.92 Å². The molecule has 0 aromatic carbocycles. The number of ether oxygens (including phenoxy) is 2. The van der Waals surface area contributed by atoms with Crippen LogP contribution in [0.4, 0.5) is 0 Å². The standard InChI is InChI=1S/C9H17NO3/c1-2-12-5-6-13-9(11)7-10-8-3-4-8/h8,10H,2-7H2,1H3. The van der Waals surface area contributed by atoms with E-state index in [4.69, 9.17) is 9.47 Å². The van der Waals surface area contributed by atoms with Crippen molar-refractivity contribution in [3.8, 4) is 0 Å². The van der Waals surface area contributed by atoms with Crippen molar-refractivity contribution in [3.05, 3.63) is 0 Å². The first-order chi connectivity index (χ1) is 6.33. The average molecular weight is 187 g/mol. The lowest BCUT2D eigenvalue weighted by molar-refractivity contribution is -0.144. The quantitative estimate of drug-likeness (QED) is 0.460. The monoisotopic (exact) mass is 187 g/mol. The molecule has 4 nitrogen and oxygen atoms in total. The highest BCUT2D eigenvalue weighted by Crippen LogP contribution is 2.17.